The van der Waals surface area contributed by atoms with Gasteiger partial charge in [0, 0.05) is 42.8 Å². The molecule has 3 aromatic carbocycles. The maximum atomic E-state index is 10.0. The molecule has 0 atom stereocenters. The van der Waals surface area contributed by atoms with E-state index in [0.717, 1.165) is 16.8 Å². The number of rotatable bonds is 4. The summed E-state index contributed by atoms with van der Waals surface area (Å²) in [4.78, 5) is 16.2. The molecule has 2 heterocycles. The molecule has 1 radical (unpaired) electrons. The normalized spacial score (nSPS) is 11.4. The fourth-order valence-corrected chi connectivity index (χ4v) is 5.59. The number of aliphatic hydroxyl groups excluding tert-OH is 1. The Morgan fingerprint density at radius 2 is 1.52 bits per heavy atom. The van der Waals surface area contributed by atoms with Gasteiger partial charge < -0.3 is 10.1 Å². The van der Waals surface area contributed by atoms with E-state index in [0.29, 0.717) is 0 Å². The quantitative estimate of drug-likeness (QED) is 0.114. The SMILES string of the molecule is CC(=O)/C=C(/C)O.Cc1[c-]c(-c2cc3c(-c4ccccc4)c(-c4ccccc4)sc3cn2)cc(C(C)(C)C)c1.[Ir]. The summed E-state index contributed by atoms with van der Waals surface area (Å²) in [5.74, 6) is -0.0625. The van der Waals surface area contributed by atoms with Gasteiger partial charge in [-0.25, -0.2) is 0 Å². The maximum absolute atomic E-state index is 10.0. The number of benzene rings is 3. The zero-order valence-corrected chi connectivity index (χ0v) is 26.9. The molecule has 207 valence electrons. The second kappa shape index (κ2) is 13.3. The number of hydrogen-bond acceptors (Lipinski definition) is 4. The summed E-state index contributed by atoms with van der Waals surface area (Å²) >= 11 is 1.81. The summed E-state index contributed by atoms with van der Waals surface area (Å²) in [6.45, 7) is 11.7. The van der Waals surface area contributed by atoms with Crippen molar-refractivity contribution in [2.45, 2.75) is 47.0 Å². The standard InChI is InChI=1S/C30H26NS.C5H8O2.Ir/c1-20-15-23(17-24(16-20)30(2,3)4)26-18-25-27(19-31-26)32-29(22-13-9-6-10-14-22)28(25)21-11-7-5-8-12-21;1-4(6)3-5(2)7;/h5-14,16-19H,1-4H3;3,6H,1-2H3;/q-1;;/b;4-3-;. The Bertz CT molecular complexity index is 1630. The van der Waals surface area contributed by atoms with Gasteiger partial charge in [0.2, 0.25) is 0 Å². The van der Waals surface area contributed by atoms with Crippen LogP contribution in [0.1, 0.15) is 45.7 Å². The number of nitrogens with zero attached hydrogens (tertiary/aromatic N) is 1. The molecule has 0 bridgehead atoms. The second-order valence-electron chi connectivity index (χ2n) is 10.7. The molecule has 0 unspecified atom stereocenters. The fraction of sp³-hybridized carbons (Fsp3) is 0.200. The first kappa shape index (κ1) is 31.2. The first-order valence-electron chi connectivity index (χ1n) is 13.0. The summed E-state index contributed by atoms with van der Waals surface area (Å²) in [6.07, 6.45) is 3.20. The van der Waals surface area contributed by atoms with Crippen molar-refractivity contribution in [3.8, 4) is 32.8 Å². The van der Waals surface area contributed by atoms with Crippen LogP contribution < -0.4 is 0 Å². The topological polar surface area (TPSA) is 50.2 Å². The zero-order valence-electron chi connectivity index (χ0n) is 23.7. The molecule has 0 amide bonds. The predicted molar refractivity (Wildman–Crippen MR) is 165 cm³/mol. The number of allylic oxidation sites excluding steroid dienone is 2. The van der Waals surface area contributed by atoms with E-state index < -0.39 is 0 Å². The summed E-state index contributed by atoms with van der Waals surface area (Å²) in [5.41, 5.74) is 8.33. The molecule has 2 aromatic heterocycles. The van der Waals surface area contributed by atoms with E-state index in [9.17, 15) is 4.79 Å². The van der Waals surface area contributed by atoms with E-state index in [1.807, 2.05) is 17.5 Å². The van der Waals surface area contributed by atoms with E-state index in [2.05, 4.69) is 113 Å². The van der Waals surface area contributed by atoms with Crippen molar-refractivity contribution in [1.82, 2.24) is 4.98 Å². The minimum absolute atomic E-state index is 0. The molecule has 0 aliphatic carbocycles. The number of fused-ring (bicyclic) bond motifs is 1. The van der Waals surface area contributed by atoms with Crippen LogP contribution in [0, 0.1) is 13.0 Å². The molecular weight excluding hydrogens is 691 g/mol. The van der Waals surface area contributed by atoms with Crippen molar-refractivity contribution in [2.75, 3.05) is 0 Å². The molecule has 0 aliphatic rings. The van der Waals surface area contributed by atoms with Crippen LogP contribution in [0.25, 0.3) is 42.9 Å². The van der Waals surface area contributed by atoms with Crippen LogP contribution in [-0.2, 0) is 30.3 Å². The van der Waals surface area contributed by atoms with Gasteiger partial charge >= 0.3 is 0 Å². The number of pyridine rings is 1. The number of hydrogen-bond donors (Lipinski definition) is 1. The third-order valence-corrected chi connectivity index (χ3v) is 7.42. The number of carbonyl (C=O) groups excluding carboxylic acids is 1. The molecular formula is C35H34IrNO2S-. The van der Waals surface area contributed by atoms with E-state index in [1.165, 1.54) is 57.1 Å². The summed E-state index contributed by atoms with van der Waals surface area (Å²) in [7, 11) is 0. The van der Waals surface area contributed by atoms with E-state index in [4.69, 9.17) is 10.1 Å². The Balaban J connectivity index is 0.000000492. The Labute approximate surface area is 255 Å². The minimum atomic E-state index is -0.125. The predicted octanol–water partition coefficient (Wildman–Crippen LogP) is 9.74. The third kappa shape index (κ3) is 7.63. The van der Waals surface area contributed by atoms with Gasteiger partial charge in [-0.05, 0) is 41.5 Å². The molecule has 5 heteroatoms. The van der Waals surface area contributed by atoms with Crippen LogP contribution in [0.5, 0.6) is 0 Å². The maximum Gasteiger partial charge on any atom is 0.155 e. The minimum Gasteiger partial charge on any atom is -0.512 e. The van der Waals surface area contributed by atoms with Gasteiger partial charge in [0.05, 0.1) is 10.5 Å². The smallest absolute Gasteiger partial charge is 0.155 e. The molecule has 0 aliphatic heterocycles. The van der Waals surface area contributed by atoms with Gasteiger partial charge in [0.1, 0.15) is 0 Å². The van der Waals surface area contributed by atoms with Crippen LogP contribution in [0.3, 0.4) is 0 Å². The van der Waals surface area contributed by atoms with E-state index in [1.54, 1.807) is 0 Å². The molecule has 0 saturated heterocycles. The monoisotopic (exact) mass is 725 g/mol. The van der Waals surface area contributed by atoms with Gasteiger partial charge in [-0.2, -0.15) is 0 Å². The van der Waals surface area contributed by atoms with Crippen molar-refractivity contribution in [1.29, 1.82) is 0 Å². The van der Waals surface area contributed by atoms with Crippen LogP contribution in [-0.4, -0.2) is 15.9 Å². The summed E-state index contributed by atoms with van der Waals surface area (Å²) < 4.78 is 1.20. The average molecular weight is 725 g/mol. The van der Waals surface area contributed by atoms with Crippen molar-refractivity contribution >= 4 is 27.2 Å². The summed E-state index contributed by atoms with van der Waals surface area (Å²) in [6, 6.07) is 31.6. The Hall–Kier alpha value is -3.37. The van der Waals surface area contributed by atoms with Gasteiger partial charge in [0.15, 0.2) is 5.78 Å². The van der Waals surface area contributed by atoms with Crippen molar-refractivity contribution in [2.24, 2.45) is 0 Å². The Morgan fingerprint density at radius 3 is 2.05 bits per heavy atom. The molecule has 0 fully saturated rings. The van der Waals surface area contributed by atoms with Crippen LogP contribution >= 0.6 is 11.3 Å². The van der Waals surface area contributed by atoms with Gasteiger partial charge in [-0.3, -0.25) is 4.79 Å². The van der Waals surface area contributed by atoms with Gasteiger partial charge in [-0.1, -0.05) is 94.4 Å². The molecule has 3 nitrogen and oxygen atoms in total. The molecule has 5 rings (SSSR count). The fourth-order valence-electron chi connectivity index (χ4n) is 4.41. The summed E-state index contributed by atoms with van der Waals surface area (Å²) in [5, 5.41) is 9.61. The number of aliphatic hydroxyl groups is 1. The zero-order chi connectivity index (χ0) is 28.2. The van der Waals surface area contributed by atoms with Crippen molar-refractivity contribution in [3.05, 3.63) is 114 Å². The van der Waals surface area contributed by atoms with Crippen LogP contribution in [0.4, 0.5) is 0 Å². The molecule has 40 heavy (non-hydrogen) atoms. The largest absolute Gasteiger partial charge is 0.512 e. The Morgan fingerprint density at radius 1 is 0.925 bits per heavy atom. The van der Waals surface area contributed by atoms with Gasteiger partial charge in [0.25, 0.3) is 0 Å². The molecule has 0 saturated carbocycles. The van der Waals surface area contributed by atoms with Crippen molar-refractivity contribution in [3.63, 3.8) is 0 Å². The first-order valence-corrected chi connectivity index (χ1v) is 13.8. The Kier molecular flexibility index (Phi) is 10.4. The number of thiophene rings is 1. The van der Waals surface area contributed by atoms with Gasteiger partial charge in [-0.15, -0.1) is 46.2 Å². The van der Waals surface area contributed by atoms with Crippen molar-refractivity contribution < 1.29 is 30.0 Å². The van der Waals surface area contributed by atoms with Crippen LogP contribution in [0.15, 0.2) is 96.9 Å². The first-order chi connectivity index (χ1) is 18.5. The van der Waals surface area contributed by atoms with E-state index >= 15 is 0 Å². The van der Waals surface area contributed by atoms with E-state index in [-0.39, 0.29) is 37.1 Å². The molecule has 0 spiro atoms. The average Bonchev–Trinajstić information content (AvgIpc) is 3.27. The third-order valence-electron chi connectivity index (χ3n) is 6.23. The molecule has 5 aromatic rings. The second-order valence-corrected chi connectivity index (χ2v) is 11.8. The number of carbonyl (C=O) groups is 1. The van der Waals surface area contributed by atoms with Crippen LogP contribution in [0.2, 0.25) is 0 Å². The number of aryl methyl sites for hydroxylation is 1. The number of aromatic nitrogens is 1. The molecule has 1 N–H and O–H groups in total. The number of ketones is 1.